The maximum atomic E-state index is 14.8. The first-order valence-electron chi connectivity index (χ1n) is 10.6. The zero-order chi connectivity index (χ0) is 26.2. The zero-order valence-electron chi connectivity index (χ0n) is 18.5. The van der Waals surface area contributed by atoms with Crippen molar-refractivity contribution in [3.63, 3.8) is 0 Å². The molecule has 36 heavy (non-hydrogen) atoms. The predicted molar refractivity (Wildman–Crippen MR) is 117 cm³/mol. The summed E-state index contributed by atoms with van der Waals surface area (Å²) in [4.78, 5) is 0. The van der Waals surface area contributed by atoms with Gasteiger partial charge in [0, 0.05) is 17.7 Å². The number of alkyl halides is 2. The summed E-state index contributed by atoms with van der Waals surface area (Å²) in [6.07, 6.45) is -3.92. The van der Waals surface area contributed by atoms with E-state index >= 15 is 0 Å². The summed E-state index contributed by atoms with van der Waals surface area (Å²) in [6, 6.07) is 12.4. The summed E-state index contributed by atoms with van der Waals surface area (Å²) in [5, 5.41) is 0. The number of rotatable bonds is 6. The topological polar surface area (TPSA) is 9.23 Å². The highest BCUT2D eigenvalue weighted by molar-refractivity contribution is 5.71. The Morgan fingerprint density at radius 1 is 0.611 bits per heavy atom. The van der Waals surface area contributed by atoms with E-state index in [4.69, 9.17) is 0 Å². The lowest BCUT2D eigenvalue weighted by molar-refractivity contribution is -0.189. The molecule has 0 N–H and O–H groups in total. The molecule has 0 spiro atoms. The van der Waals surface area contributed by atoms with Crippen LogP contribution in [0.25, 0.3) is 22.3 Å². The van der Waals surface area contributed by atoms with Gasteiger partial charge in [-0.1, -0.05) is 43.3 Å². The first-order chi connectivity index (χ1) is 17.0. The molecule has 4 aromatic carbocycles. The molecule has 186 valence electrons. The fourth-order valence-electron chi connectivity index (χ4n) is 3.66. The van der Waals surface area contributed by atoms with Crippen LogP contribution in [-0.2, 0) is 12.5 Å². The highest BCUT2D eigenvalue weighted by Gasteiger charge is 2.41. The second kappa shape index (κ2) is 9.64. The Balaban J connectivity index is 1.66. The van der Waals surface area contributed by atoms with Gasteiger partial charge >= 0.3 is 6.11 Å². The molecule has 0 atom stereocenters. The average molecular weight is 508 g/mol. The molecular weight excluding hydrogens is 492 g/mol. The predicted octanol–water partition coefficient (Wildman–Crippen LogP) is 8.55. The van der Waals surface area contributed by atoms with Crippen molar-refractivity contribution in [2.24, 2.45) is 0 Å². The number of hydrogen-bond acceptors (Lipinski definition) is 1. The molecule has 0 amide bonds. The molecule has 4 aromatic rings. The number of ether oxygens (including phenoxy) is 1. The highest BCUT2D eigenvalue weighted by Crippen LogP contribution is 2.38. The quantitative estimate of drug-likeness (QED) is 0.187. The molecule has 9 heteroatoms. The second-order valence-corrected chi connectivity index (χ2v) is 7.88. The van der Waals surface area contributed by atoms with E-state index in [1.807, 2.05) is 19.1 Å². The van der Waals surface area contributed by atoms with Gasteiger partial charge in [0.05, 0.1) is 0 Å². The molecule has 0 unspecified atom stereocenters. The minimum atomic E-state index is -4.74. The lowest BCUT2D eigenvalue weighted by atomic mass is 9.97. The average Bonchev–Trinajstić information content (AvgIpc) is 2.81. The molecule has 0 aliphatic rings. The summed E-state index contributed by atoms with van der Waals surface area (Å²) < 4.78 is 117. The first kappa shape index (κ1) is 25.2. The van der Waals surface area contributed by atoms with Crippen molar-refractivity contribution < 1.29 is 39.9 Å². The van der Waals surface area contributed by atoms with Crippen LogP contribution in [-0.4, -0.2) is 0 Å². The van der Waals surface area contributed by atoms with Crippen LogP contribution in [0.1, 0.15) is 18.1 Å². The number of aryl methyl sites for hydroxylation is 1. The molecule has 1 nitrogen and oxygen atoms in total. The third-order valence-electron chi connectivity index (χ3n) is 5.51. The normalized spacial score (nSPS) is 11.6. The largest absolute Gasteiger partial charge is 0.432 e. The van der Waals surface area contributed by atoms with Gasteiger partial charge in [-0.2, -0.15) is 8.78 Å². The highest BCUT2D eigenvalue weighted by atomic mass is 19.3. The Hall–Kier alpha value is -3.88. The van der Waals surface area contributed by atoms with E-state index in [1.165, 1.54) is 12.1 Å². The van der Waals surface area contributed by atoms with Crippen molar-refractivity contribution in [2.45, 2.75) is 19.5 Å². The van der Waals surface area contributed by atoms with Crippen LogP contribution in [0.15, 0.2) is 66.7 Å². The Labute approximate surface area is 200 Å². The third-order valence-corrected chi connectivity index (χ3v) is 5.51. The Morgan fingerprint density at radius 3 is 1.67 bits per heavy atom. The van der Waals surface area contributed by atoms with Crippen LogP contribution in [0.4, 0.5) is 35.1 Å². The summed E-state index contributed by atoms with van der Waals surface area (Å²) in [6.45, 7) is 1.98. The Bertz CT molecular complexity index is 1380. The minimum Gasteiger partial charge on any atom is -0.429 e. The zero-order valence-corrected chi connectivity index (χ0v) is 18.5. The Morgan fingerprint density at radius 2 is 1.14 bits per heavy atom. The van der Waals surface area contributed by atoms with E-state index in [-0.39, 0.29) is 23.3 Å². The molecule has 4 rings (SSSR count). The lowest BCUT2D eigenvalue weighted by Crippen LogP contribution is -2.25. The maximum absolute atomic E-state index is 14.8. The van der Waals surface area contributed by atoms with Crippen LogP contribution < -0.4 is 4.74 Å². The number of halogens is 8. The van der Waals surface area contributed by atoms with Crippen molar-refractivity contribution in [3.8, 4) is 28.0 Å². The minimum absolute atomic E-state index is 0.100. The standard InChI is InChI=1S/C27H16F8O/c1-2-14-3-5-15(6-4-14)16-7-8-19(20(28)9-16)17-10-21(29)25(22(30)11-17)27(34,35)36-18-12-23(31)26(33)24(32)13-18/h3-13H,2H2,1H3. The molecule has 0 fully saturated rings. The Kier molecular flexibility index (Phi) is 6.75. The molecular formula is C27H16F8O. The molecule has 0 saturated heterocycles. The van der Waals surface area contributed by atoms with Gasteiger partial charge < -0.3 is 4.74 Å². The fourth-order valence-corrected chi connectivity index (χ4v) is 3.66. The molecule has 0 aliphatic heterocycles. The molecule has 0 heterocycles. The lowest BCUT2D eigenvalue weighted by Gasteiger charge is -2.20. The van der Waals surface area contributed by atoms with E-state index in [2.05, 4.69) is 4.74 Å². The molecule has 0 bridgehead atoms. The van der Waals surface area contributed by atoms with Crippen molar-refractivity contribution in [3.05, 3.63) is 113 Å². The van der Waals surface area contributed by atoms with Gasteiger partial charge in [0.25, 0.3) is 0 Å². The van der Waals surface area contributed by atoms with Gasteiger partial charge in [-0.25, -0.2) is 26.3 Å². The van der Waals surface area contributed by atoms with Crippen LogP contribution in [0.3, 0.4) is 0 Å². The van der Waals surface area contributed by atoms with E-state index in [0.29, 0.717) is 23.3 Å². The van der Waals surface area contributed by atoms with Crippen LogP contribution in [0.5, 0.6) is 5.75 Å². The SMILES string of the molecule is CCc1ccc(-c2ccc(-c3cc(F)c(C(F)(F)Oc4cc(F)c(F)c(F)c4)c(F)c3)c(F)c2)cc1. The number of hydrogen-bond donors (Lipinski definition) is 0. The summed E-state index contributed by atoms with van der Waals surface area (Å²) in [5.74, 6) is -11.2. The summed E-state index contributed by atoms with van der Waals surface area (Å²) >= 11 is 0. The van der Waals surface area contributed by atoms with E-state index in [1.54, 1.807) is 12.1 Å². The van der Waals surface area contributed by atoms with Crippen molar-refractivity contribution in [1.82, 2.24) is 0 Å². The summed E-state index contributed by atoms with van der Waals surface area (Å²) in [5.41, 5.74) is -0.207. The van der Waals surface area contributed by atoms with Gasteiger partial charge in [0.1, 0.15) is 28.8 Å². The van der Waals surface area contributed by atoms with E-state index in [9.17, 15) is 35.1 Å². The van der Waals surface area contributed by atoms with Crippen molar-refractivity contribution >= 4 is 0 Å². The molecule has 0 aromatic heterocycles. The van der Waals surface area contributed by atoms with E-state index < -0.39 is 52.3 Å². The van der Waals surface area contributed by atoms with Crippen molar-refractivity contribution in [2.75, 3.05) is 0 Å². The van der Waals surface area contributed by atoms with Crippen LogP contribution in [0, 0.1) is 34.9 Å². The van der Waals surface area contributed by atoms with Crippen LogP contribution in [0.2, 0.25) is 0 Å². The van der Waals surface area contributed by atoms with Gasteiger partial charge in [-0.15, -0.1) is 0 Å². The van der Waals surface area contributed by atoms with Gasteiger partial charge in [0.2, 0.25) is 0 Å². The van der Waals surface area contributed by atoms with Crippen molar-refractivity contribution in [1.29, 1.82) is 0 Å². The third kappa shape index (κ3) is 4.91. The van der Waals surface area contributed by atoms with Crippen LogP contribution >= 0.6 is 0 Å². The summed E-state index contributed by atoms with van der Waals surface area (Å²) in [7, 11) is 0. The fraction of sp³-hybridized carbons (Fsp3) is 0.111. The van der Waals surface area contributed by atoms with Gasteiger partial charge in [0.15, 0.2) is 17.5 Å². The van der Waals surface area contributed by atoms with E-state index in [0.717, 1.165) is 18.1 Å². The molecule has 0 saturated carbocycles. The number of benzene rings is 4. The smallest absolute Gasteiger partial charge is 0.429 e. The maximum Gasteiger partial charge on any atom is 0.432 e. The molecule has 0 radical (unpaired) electrons. The second-order valence-electron chi connectivity index (χ2n) is 7.88. The monoisotopic (exact) mass is 508 g/mol. The van der Waals surface area contributed by atoms with Gasteiger partial charge in [-0.3, -0.25) is 0 Å². The molecule has 0 aliphatic carbocycles. The van der Waals surface area contributed by atoms with Gasteiger partial charge in [-0.05, 0) is 46.9 Å². The first-order valence-corrected chi connectivity index (χ1v) is 10.6.